The number of hydrogen-bond acceptors (Lipinski definition) is 1. The molecule has 0 spiro atoms. The van der Waals surface area contributed by atoms with Crippen LogP contribution < -0.4 is 4.74 Å². The maximum atomic E-state index is 15.3. The maximum absolute atomic E-state index is 15.3. The van der Waals surface area contributed by atoms with E-state index in [1.54, 1.807) is 6.08 Å². The summed E-state index contributed by atoms with van der Waals surface area (Å²) in [5.41, 5.74) is 3.99. The van der Waals surface area contributed by atoms with Crippen LogP contribution in [0.5, 0.6) is 5.75 Å². The Balaban J connectivity index is 2.17. The van der Waals surface area contributed by atoms with E-state index in [9.17, 15) is 0 Å². The van der Waals surface area contributed by atoms with Crippen LogP contribution in [0, 0.1) is 5.82 Å². The molecule has 0 aliphatic carbocycles. The smallest absolute Gasteiger partial charge is 0.135 e. The van der Waals surface area contributed by atoms with Crippen LogP contribution in [0.1, 0.15) is 12.5 Å². The number of hydrogen-bond donors (Lipinski definition) is 0. The second kappa shape index (κ2) is 7.80. The molecule has 0 fully saturated rings. The Labute approximate surface area is 148 Å². The number of benzene rings is 3. The predicted molar refractivity (Wildman–Crippen MR) is 102 cm³/mol. The average molecular weight is 332 g/mol. The molecule has 1 nitrogen and oxygen atoms in total. The third-order valence-electron chi connectivity index (χ3n) is 4.12. The largest absolute Gasteiger partial charge is 0.494 e. The summed E-state index contributed by atoms with van der Waals surface area (Å²) in [5, 5.41) is 0. The molecule has 0 aromatic heterocycles. The maximum Gasteiger partial charge on any atom is 0.135 e. The van der Waals surface area contributed by atoms with Crippen LogP contribution in [0.2, 0.25) is 0 Å². The normalized spacial score (nSPS) is 10.5. The third kappa shape index (κ3) is 3.63. The molecule has 3 aromatic rings. The fourth-order valence-electron chi connectivity index (χ4n) is 2.96. The van der Waals surface area contributed by atoms with Gasteiger partial charge in [0.15, 0.2) is 0 Å². The highest BCUT2D eigenvalue weighted by Gasteiger charge is 2.16. The van der Waals surface area contributed by atoms with E-state index in [4.69, 9.17) is 4.74 Å². The lowest BCUT2D eigenvalue weighted by molar-refractivity contribution is 0.340. The zero-order valence-electron chi connectivity index (χ0n) is 14.3. The van der Waals surface area contributed by atoms with Gasteiger partial charge in [-0.2, -0.15) is 0 Å². The van der Waals surface area contributed by atoms with Crippen LogP contribution in [-0.4, -0.2) is 6.61 Å². The van der Waals surface area contributed by atoms with E-state index in [1.165, 1.54) is 0 Å². The Morgan fingerprint density at radius 3 is 2.28 bits per heavy atom. The molecule has 0 heterocycles. The highest BCUT2D eigenvalue weighted by atomic mass is 19.1. The Hall–Kier alpha value is -2.87. The minimum atomic E-state index is -0.189. The molecule has 0 unspecified atom stereocenters. The molecule has 0 radical (unpaired) electrons. The van der Waals surface area contributed by atoms with Crippen molar-refractivity contribution < 1.29 is 9.13 Å². The molecule has 0 atom stereocenters. The van der Waals surface area contributed by atoms with Gasteiger partial charge in [-0.3, -0.25) is 0 Å². The Kier molecular flexibility index (Phi) is 5.30. The van der Waals surface area contributed by atoms with Gasteiger partial charge in [0.05, 0.1) is 6.61 Å². The first-order valence-electron chi connectivity index (χ1n) is 8.45. The lowest BCUT2D eigenvalue weighted by atomic mass is 9.91. The van der Waals surface area contributed by atoms with Crippen molar-refractivity contribution in [1.82, 2.24) is 0 Å². The standard InChI is InChI=1S/C23H21FO/c1-3-8-19-13-16-21(17-9-6-5-7-10-17)22(23(19)24)18-11-14-20(15-12-18)25-4-2/h3,5-7,9-16H,1,4,8H2,2H3. The van der Waals surface area contributed by atoms with Gasteiger partial charge in [-0.25, -0.2) is 4.39 Å². The third-order valence-corrected chi connectivity index (χ3v) is 4.12. The summed E-state index contributed by atoms with van der Waals surface area (Å²) in [6.07, 6.45) is 2.23. The van der Waals surface area contributed by atoms with Gasteiger partial charge in [0.1, 0.15) is 11.6 Å². The van der Waals surface area contributed by atoms with Gasteiger partial charge in [0.2, 0.25) is 0 Å². The van der Waals surface area contributed by atoms with E-state index < -0.39 is 0 Å². The highest BCUT2D eigenvalue weighted by Crippen LogP contribution is 2.36. The van der Waals surface area contributed by atoms with Crippen LogP contribution in [0.25, 0.3) is 22.3 Å². The van der Waals surface area contributed by atoms with E-state index in [1.807, 2.05) is 73.7 Å². The Morgan fingerprint density at radius 1 is 0.920 bits per heavy atom. The molecule has 0 saturated carbocycles. The average Bonchev–Trinajstić information content (AvgIpc) is 2.65. The zero-order chi connectivity index (χ0) is 17.6. The van der Waals surface area contributed by atoms with E-state index in [2.05, 4.69) is 6.58 Å². The fraction of sp³-hybridized carbons (Fsp3) is 0.130. The van der Waals surface area contributed by atoms with E-state index >= 15 is 4.39 Å². The second-order valence-corrected chi connectivity index (χ2v) is 5.78. The number of rotatable bonds is 6. The van der Waals surface area contributed by atoms with Crippen LogP contribution in [-0.2, 0) is 6.42 Å². The quantitative estimate of drug-likeness (QED) is 0.482. The van der Waals surface area contributed by atoms with Gasteiger partial charge in [0.25, 0.3) is 0 Å². The van der Waals surface area contributed by atoms with Crippen molar-refractivity contribution in [2.24, 2.45) is 0 Å². The summed E-state index contributed by atoms with van der Waals surface area (Å²) in [6, 6.07) is 21.3. The zero-order valence-corrected chi connectivity index (χ0v) is 14.3. The molecule has 3 rings (SSSR count). The first-order valence-corrected chi connectivity index (χ1v) is 8.45. The van der Waals surface area contributed by atoms with Crippen LogP contribution in [0.15, 0.2) is 79.4 Å². The van der Waals surface area contributed by atoms with Crippen molar-refractivity contribution in [2.75, 3.05) is 6.61 Å². The Morgan fingerprint density at radius 2 is 1.64 bits per heavy atom. The SMILES string of the molecule is C=CCc1ccc(-c2ccccc2)c(-c2ccc(OCC)cc2)c1F. The van der Waals surface area contributed by atoms with Crippen LogP contribution >= 0.6 is 0 Å². The first kappa shape index (κ1) is 17.0. The fourth-order valence-corrected chi connectivity index (χ4v) is 2.96. The summed E-state index contributed by atoms with van der Waals surface area (Å²) in [6.45, 7) is 6.28. The minimum absolute atomic E-state index is 0.189. The monoisotopic (exact) mass is 332 g/mol. The molecule has 0 saturated heterocycles. The molecule has 25 heavy (non-hydrogen) atoms. The van der Waals surface area contributed by atoms with Crippen molar-refractivity contribution in [2.45, 2.75) is 13.3 Å². The second-order valence-electron chi connectivity index (χ2n) is 5.78. The van der Waals surface area contributed by atoms with Gasteiger partial charge < -0.3 is 4.74 Å². The predicted octanol–water partition coefficient (Wildman–Crippen LogP) is 6.29. The van der Waals surface area contributed by atoms with Crippen molar-refractivity contribution in [3.05, 3.63) is 90.8 Å². The van der Waals surface area contributed by atoms with Gasteiger partial charge >= 0.3 is 0 Å². The van der Waals surface area contributed by atoms with Gasteiger partial charge in [-0.05, 0) is 47.7 Å². The molecule has 0 aliphatic heterocycles. The van der Waals surface area contributed by atoms with Gasteiger partial charge in [-0.15, -0.1) is 6.58 Å². The summed E-state index contributed by atoms with van der Waals surface area (Å²) in [5.74, 6) is 0.598. The molecule has 126 valence electrons. The van der Waals surface area contributed by atoms with E-state index in [0.717, 1.165) is 22.4 Å². The van der Waals surface area contributed by atoms with E-state index in [0.29, 0.717) is 24.2 Å². The van der Waals surface area contributed by atoms with Crippen LogP contribution in [0.4, 0.5) is 4.39 Å². The van der Waals surface area contributed by atoms with Gasteiger partial charge in [-0.1, -0.05) is 60.7 Å². The van der Waals surface area contributed by atoms with Gasteiger partial charge in [0, 0.05) is 5.56 Å². The Bertz CT molecular complexity index is 851. The summed E-state index contributed by atoms with van der Waals surface area (Å²) in [4.78, 5) is 0. The molecule has 3 aromatic carbocycles. The highest BCUT2D eigenvalue weighted by molar-refractivity contribution is 5.84. The van der Waals surface area contributed by atoms with Crippen molar-refractivity contribution >= 4 is 0 Å². The molecular formula is C23H21FO. The molecule has 0 amide bonds. The minimum Gasteiger partial charge on any atom is -0.494 e. The van der Waals surface area contributed by atoms with Crippen LogP contribution in [0.3, 0.4) is 0 Å². The summed E-state index contributed by atoms with van der Waals surface area (Å²) in [7, 11) is 0. The molecule has 0 bridgehead atoms. The lowest BCUT2D eigenvalue weighted by Crippen LogP contribution is -1.97. The number of halogens is 1. The molecule has 0 N–H and O–H groups in total. The summed E-state index contributed by atoms with van der Waals surface area (Å²) >= 11 is 0. The first-order chi connectivity index (χ1) is 12.2. The lowest BCUT2D eigenvalue weighted by Gasteiger charge is -2.15. The number of allylic oxidation sites excluding steroid dienone is 1. The summed E-state index contributed by atoms with van der Waals surface area (Å²) < 4.78 is 20.8. The number of ether oxygens (including phenoxy) is 1. The topological polar surface area (TPSA) is 9.23 Å². The van der Waals surface area contributed by atoms with E-state index in [-0.39, 0.29) is 5.82 Å². The van der Waals surface area contributed by atoms with Crippen molar-refractivity contribution in [3.8, 4) is 28.0 Å². The van der Waals surface area contributed by atoms with Crippen molar-refractivity contribution in [3.63, 3.8) is 0 Å². The molecule has 2 heteroatoms. The van der Waals surface area contributed by atoms with Crippen molar-refractivity contribution in [1.29, 1.82) is 0 Å². The molecule has 0 aliphatic rings. The molecular weight excluding hydrogens is 311 g/mol.